The number of aryl methyl sites for hydroxylation is 1. The summed E-state index contributed by atoms with van der Waals surface area (Å²) in [6.07, 6.45) is -0.206. The van der Waals surface area contributed by atoms with E-state index < -0.39 is 40.6 Å². The SMILES string of the molecule is C=C(CN1CCCCC1)c1ccc2c(c1)CCC[C@H]2NC(=O)C[C@H](NS(=O)(=O)c1ccc2ccccc2c1)C(F)(F)F. The largest absolute Gasteiger partial charge is 0.405 e. The summed E-state index contributed by atoms with van der Waals surface area (Å²) in [5.41, 5.74) is 3.99. The van der Waals surface area contributed by atoms with E-state index in [4.69, 9.17) is 0 Å². The topological polar surface area (TPSA) is 78.5 Å². The number of likely N-dealkylation sites (tertiary alicyclic amines) is 1. The number of halogens is 3. The molecule has 0 saturated carbocycles. The molecular weight excluding hydrogens is 563 g/mol. The molecule has 5 rings (SSSR count). The molecule has 2 atom stereocenters. The van der Waals surface area contributed by atoms with E-state index >= 15 is 0 Å². The summed E-state index contributed by atoms with van der Waals surface area (Å²) in [6.45, 7) is 7.21. The van der Waals surface area contributed by atoms with Gasteiger partial charge in [-0.3, -0.25) is 9.69 Å². The van der Waals surface area contributed by atoms with E-state index in [1.807, 2.05) is 12.1 Å². The maximum absolute atomic E-state index is 14.0. The maximum Gasteiger partial charge on any atom is 0.405 e. The van der Waals surface area contributed by atoms with Crippen molar-refractivity contribution in [2.75, 3.05) is 19.6 Å². The summed E-state index contributed by atoms with van der Waals surface area (Å²) in [6, 6.07) is 14.0. The molecule has 0 unspecified atom stereocenters. The predicted octanol–water partition coefficient (Wildman–Crippen LogP) is 6.13. The molecule has 224 valence electrons. The van der Waals surface area contributed by atoms with Crippen LogP contribution in [0.1, 0.15) is 61.3 Å². The summed E-state index contributed by atoms with van der Waals surface area (Å²) in [5.74, 6) is -0.866. The van der Waals surface area contributed by atoms with Crippen LogP contribution < -0.4 is 10.0 Å². The number of amides is 1. The third kappa shape index (κ3) is 7.22. The Labute approximate surface area is 245 Å². The van der Waals surface area contributed by atoms with Crippen molar-refractivity contribution in [1.29, 1.82) is 0 Å². The van der Waals surface area contributed by atoms with Crippen LogP contribution in [0.5, 0.6) is 0 Å². The first-order valence-corrected chi connectivity index (χ1v) is 15.9. The van der Waals surface area contributed by atoms with Gasteiger partial charge in [0, 0.05) is 6.54 Å². The highest BCUT2D eigenvalue weighted by atomic mass is 32.2. The van der Waals surface area contributed by atoms with E-state index in [1.54, 1.807) is 29.0 Å². The first-order valence-electron chi connectivity index (χ1n) is 14.4. The van der Waals surface area contributed by atoms with Gasteiger partial charge >= 0.3 is 6.18 Å². The van der Waals surface area contributed by atoms with Crippen LogP contribution >= 0.6 is 0 Å². The molecular formula is C32H36F3N3O3S. The lowest BCUT2D eigenvalue weighted by Crippen LogP contribution is -2.48. The summed E-state index contributed by atoms with van der Waals surface area (Å²) in [5, 5.41) is 4.08. The van der Waals surface area contributed by atoms with Gasteiger partial charge in [-0.05, 0) is 90.4 Å². The second-order valence-electron chi connectivity index (χ2n) is 11.3. The number of piperidine rings is 1. The minimum Gasteiger partial charge on any atom is -0.349 e. The Kier molecular flexibility index (Phi) is 9.05. The van der Waals surface area contributed by atoms with Gasteiger partial charge in [0.25, 0.3) is 0 Å². The first kappa shape index (κ1) is 30.3. The Hall–Kier alpha value is -3.21. The molecule has 0 bridgehead atoms. The molecule has 1 fully saturated rings. The van der Waals surface area contributed by atoms with Crippen molar-refractivity contribution >= 4 is 32.3 Å². The first-order chi connectivity index (χ1) is 20.0. The van der Waals surface area contributed by atoms with E-state index in [2.05, 4.69) is 22.9 Å². The average Bonchev–Trinajstić information content (AvgIpc) is 2.96. The smallest absolute Gasteiger partial charge is 0.349 e. The van der Waals surface area contributed by atoms with Crippen LogP contribution in [0.15, 0.2) is 72.1 Å². The van der Waals surface area contributed by atoms with Gasteiger partial charge in [0.2, 0.25) is 15.9 Å². The average molecular weight is 600 g/mol. The van der Waals surface area contributed by atoms with Crippen molar-refractivity contribution in [2.24, 2.45) is 0 Å². The third-order valence-corrected chi connectivity index (χ3v) is 9.65. The van der Waals surface area contributed by atoms with Crippen molar-refractivity contribution in [3.8, 4) is 0 Å². The summed E-state index contributed by atoms with van der Waals surface area (Å²) in [7, 11) is -4.55. The van der Waals surface area contributed by atoms with Crippen molar-refractivity contribution in [1.82, 2.24) is 14.9 Å². The van der Waals surface area contributed by atoms with Gasteiger partial charge in [0.1, 0.15) is 6.04 Å². The van der Waals surface area contributed by atoms with Crippen molar-refractivity contribution in [3.05, 3.63) is 83.9 Å². The number of benzene rings is 3. The highest BCUT2D eigenvalue weighted by Crippen LogP contribution is 2.33. The van der Waals surface area contributed by atoms with Crippen LogP contribution in [0.3, 0.4) is 0 Å². The molecule has 6 nitrogen and oxygen atoms in total. The third-order valence-electron chi connectivity index (χ3n) is 8.18. The number of nitrogens with one attached hydrogen (secondary N) is 2. The van der Waals surface area contributed by atoms with Crippen LogP contribution in [-0.2, 0) is 21.2 Å². The fraction of sp³-hybridized carbons (Fsp3) is 0.406. The summed E-state index contributed by atoms with van der Waals surface area (Å²) < 4.78 is 69.5. The number of hydrogen-bond acceptors (Lipinski definition) is 4. The van der Waals surface area contributed by atoms with Crippen LogP contribution in [-0.4, -0.2) is 51.1 Å². The molecule has 1 heterocycles. The van der Waals surface area contributed by atoms with E-state index in [0.717, 1.165) is 60.1 Å². The summed E-state index contributed by atoms with van der Waals surface area (Å²) >= 11 is 0. The number of nitrogens with zero attached hydrogens (tertiary/aromatic N) is 1. The van der Waals surface area contributed by atoms with Crippen molar-refractivity contribution in [3.63, 3.8) is 0 Å². The highest BCUT2D eigenvalue weighted by molar-refractivity contribution is 7.89. The van der Waals surface area contributed by atoms with Crippen molar-refractivity contribution in [2.45, 2.75) is 68.1 Å². The van der Waals surface area contributed by atoms with Gasteiger partial charge < -0.3 is 5.32 Å². The lowest BCUT2D eigenvalue weighted by atomic mass is 9.85. The number of fused-ring (bicyclic) bond motifs is 2. The van der Waals surface area contributed by atoms with E-state index in [1.165, 1.54) is 37.5 Å². The number of carbonyl (C=O) groups excluding carboxylic acids is 1. The number of sulfonamides is 1. The number of carbonyl (C=O) groups is 1. The monoisotopic (exact) mass is 599 g/mol. The molecule has 3 aromatic rings. The van der Waals surface area contributed by atoms with Crippen molar-refractivity contribution < 1.29 is 26.4 Å². The number of hydrogen-bond donors (Lipinski definition) is 2. The zero-order valence-electron chi connectivity index (χ0n) is 23.4. The van der Waals surface area contributed by atoms with Crippen LogP contribution in [0.2, 0.25) is 0 Å². The molecule has 42 heavy (non-hydrogen) atoms. The van der Waals surface area contributed by atoms with Gasteiger partial charge in [-0.15, -0.1) is 0 Å². The Morgan fingerprint density at radius 3 is 2.45 bits per heavy atom. The number of alkyl halides is 3. The maximum atomic E-state index is 14.0. The van der Waals surface area contributed by atoms with E-state index in [9.17, 15) is 26.4 Å². The molecule has 3 aromatic carbocycles. The minimum atomic E-state index is -4.96. The molecule has 1 saturated heterocycles. The second kappa shape index (κ2) is 12.6. The quantitative estimate of drug-likeness (QED) is 0.310. The van der Waals surface area contributed by atoms with Gasteiger partial charge in [-0.1, -0.05) is 61.5 Å². The Balaban J connectivity index is 1.26. The normalized spacial score (nSPS) is 18.8. The molecule has 2 aliphatic rings. The standard InChI is InChI=1S/C32H36F3N3O3S/c1-22(21-38-16-5-2-6-17-38)24-13-15-28-26(18-24)10-7-11-29(28)36-31(39)20-30(32(33,34)35)37-42(40,41)27-14-12-23-8-3-4-9-25(23)19-27/h3-4,8-9,12-15,18-19,29-30,37H,1-2,5-7,10-11,16-17,20-21H2,(H,36,39)/t29-,30+/m1/s1. The molecule has 0 radical (unpaired) electrons. The van der Waals surface area contributed by atoms with Crippen LogP contribution in [0, 0.1) is 0 Å². The molecule has 0 aromatic heterocycles. The second-order valence-corrected chi connectivity index (χ2v) is 13.0. The Morgan fingerprint density at radius 2 is 1.71 bits per heavy atom. The lowest BCUT2D eigenvalue weighted by molar-refractivity contribution is -0.158. The predicted molar refractivity (Wildman–Crippen MR) is 158 cm³/mol. The highest BCUT2D eigenvalue weighted by Gasteiger charge is 2.44. The van der Waals surface area contributed by atoms with Crippen LogP contribution in [0.4, 0.5) is 13.2 Å². The van der Waals surface area contributed by atoms with Gasteiger partial charge in [0.15, 0.2) is 0 Å². The zero-order valence-corrected chi connectivity index (χ0v) is 24.2. The van der Waals surface area contributed by atoms with E-state index in [-0.39, 0.29) is 4.90 Å². The molecule has 1 amide bonds. The number of rotatable bonds is 9. The minimum absolute atomic E-state index is 0.297. The Bertz CT molecular complexity index is 1570. The molecule has 1 aliphatic heterocycles. The fourth-order valence-corrected chi connectivity index (χ4v) is 7.17. The molecule has 2 N–H and O–H groups in total. The van der Waals surface area contributed by atoms with Gasteiger partial charge in [-0.2, -0.15) is 17.9 Å². The fourth-order valence-electron chi connectivity index (χ4n) is 5.92. The van der Waals surface area contributed by atoms with Gasteiger partial charge in [-0.25, -0.2) is 8.42 Å². The molecule has 10 heteroatoms. The Morgan fingerprint density at radius 1 is 0.976 bits per heavy atom. The molecule has 1 aliphatic carbocycles. The summed E-state index contributed by atoms with van der Waals surface area (Å²) in [4.78, 5) is 15.0. The van der Waals surface area contributed by atoms with Crippen LogP contribution in [0.25, 0.3) is 16.3 Å². The molecule has 0 spiro atoms. The zero-order chi connectivity index (χ0) is 29.9. The van der Waals surface area contributed by atoms with Gasteiger partial charge in [0.05, 0.1) is 17.4 Å². The lowest BCUT2D eigenvalue weighted by Gasteiger charge is -2.29. The van der Waals surface area contributed by atoms with E-state index in [0.29, 0.717) is 11.8 Å².